The van der Waals surface area contributed by atoms with Gasteiger partial charge >= 0.3 is 30.1 Å². The van der Waals surface area contributed by atoms with Crippen molar-refractivity contribution in [1.82, 2.24) is 39.2 Å². The number of carboxylic acid groups (broad SMARTS) is 1. The van der Waals surface area contributed by atoms with E-state index in [9.17, 15) is 67.2 Å². The lowest BCUT2D eigenvalue weighted by Crippen LogP contribution is -2.35. The fourth-order valence-electron chi connectivity index (χ4n) is 7.67. The highest BCUT2D eigenvalue weighted by Gasteiger charge is 2.34. The summed E-state index contributed by atoms with van der Waals surface area (Å²) in [7, 11) is -7.30. The molecule has 4 aromatic heterocycles. The van der Waals surface area contributed by atoms with Crippen LogP contribution in [0.25, 0.3) is 10.9 Å². The number of carbonyl (C=O) groups excluding carboxylic acids is 4. The number of ketones is 1. The number of unbranched alkanes of at least 4 members (excludes halogenated alkanes) is 2. The summed E-state index contributed by atoms with van der Waals surface area (Å²) < 4.78 is 141. The molecule has 0 fully saturated rings. The van der Waals surface area contributed by atoms with Crippen LogP contribution in [0.5, 0.6) is 17.5 Å². The molecule has 1 atom stereocenters. The van der Waals surface area contributed by atoms with E-state index in [0.29, 0.717) is 34.7 Å². The quantitative estimate of drug-likeness (QED) is 0.0172. The van der Waals surface area contributed by atoms with Crippen LogP contribution in [-0.2, 0) is 63.9 Å². The van der Waals surface area contributed by atoms with Gasteiger partial charge in [-0.05, 0) is 92.9 Å². The SMILES string of the molecule is CCCCCC(C)OC(=O)COc1ccc(Cl)c2cccnc12.COC(=O)c1ccc(CNS(C)(=O)=O)cc1S(=O)(=O)NC(=O)Nc1nc(OC)cc(OC)n1.Cc1[nH]n(C)c(=O)c1C(=O)c1ccc(C(F)(F)F)cc1S(C)(=O)=O.Nc1cc(Cl)nc(C(=O)O)c1Cl. The lowest BCUT2D eigenvalue weighted by atomic mass is 10.0. The highest BCUT2D eigenvalue weighted by Crippen LogP contribution is 2.33. The number of urea groups is 1. The number of alkyl halides is 3. The van der Waals surface area contributed by atoms with E-state index >= 15 is 0 Å². The minimum Gasteiger partial charge on any atom is -0.481 e. The van der Waals surface area contributed by atoms with Crippen LogP contribution < -0.4 is 40.3 Å². The van der Waals surface area contributed by atoms with Crippen LogP contribution in [0.4, 0.5) is 29.6 Å². The Labute approximate surface area is 539 Å². The molecule has 0 saturated heterocycles. The number of nitrogens with two attached hydrogens (primary N) is 1. The van der Waals surface area contributed by atoms with Gasteiger partial charge in [0.2, 0.25) is 33.5 Å². The summed E-state index contributed by atoms with van der Waals surface area (Å²) >= 11 is 17.1. The summed E-state index contributed by atoms with van der Waals surface area (Å²) in [5.41, 5.74) is 3.08. The maximum absolute atomic E-state index is 12.9. The van der Waals surface area contributed by atoms with Crippen molar-refractivity contribution in [3.8, 4) is 17.5 Å². The van der Waals surface area contributed by atoms with Crippen molar-refractivity contribution < 1.29 is 91.2 Å². The molecular weight excluding hydrogens is 1350 g/mol. The number of pyridine rings is 2. The lowest BCUT2D eigenvalue weighted by Gasteiger charge is -2.14. The number of H-pyrrole nitrogens is 1. The average molecular weight is 1410 g/mol. The third-order valence-electron chi connectivity index (χ3n) is 12.0. The van der Waals surface area contributed by atoms with Gasteiger partial charge in [0.05, 0.1) is 71.5 Å². The fraction of sp³-hybridized carbons (Fsp3) is 0.309. The van der Waals surface area contributed by atoms with E-state index in [0.717, 1.165) is 67.3 Å². The molecule has 0 bridgehead atoms. The average Bonchev–Trinajstić information content (AvgIpc) is 1.36. The van der Waals surface area contributed by atoms with Crippen LogP contribution in [0, 0.1) is 6.92 Å². The summed E-state index contributed by atoms with van der Waals surface area (Å²) in [6.45, 7) is 5.10. The lowest BCUT2D eigenvalue weighted by molar-refractivity contribution is -0.151. The van der Waals surface area contributed by atoms with E-state index in [1.54, 1.807) is 23.1 Å². The number of esters is 2. The molecule has 0 aliphatic rings. The molecule has 1 unspecified atom stereocenters. The second kappa shape index (κ2) is 33.1. The van der Waals surface area contributed by atoms with Crippen molar-refractivity contribution in [2.45, 2.75) is 75.1 Å². The molecule has 2 amide bonds. The molecule has 7 rings (SSSR count). The normalized spacial score (nSPS) is 11.6. The summed E-state index contributed by atoms with van der Waals surface area (Å²) in [4.78, 5) is 85.3. The summed E-state index contributed by atoms with van der Waals surface area (Å²) in [6, 6.07) is 13.8. The Kier molecular flexibility index (Phi) is 27.2. The van der Waals surface area contributed by atoms with Crippen molar-refractivity contribution in [3.05, 3.63) is 144 Å². The maximum Gasteiger partial charge on any atom is 0.416 e. The Morgan fingerprint density at radius 1 is 0.848 bits per heavy atom. The molecule has 498 valence electrons. The van der Waals surface area contributed by atoms with Gasteiger partial charge in [-0.3, -0.25) is 29.7 Å². The highest BCUT2D eigenvalue weighted by atomic mass is 35.5. The number of hydrogen-bond acceptors (Lipinski definition) is 22. The zero-order chi connectivity index (χ0) is 69.2. The first kappa shape index (κ1) is 75.8. The first-order valence-electron chi connectivity index (χ1n) is 26.2. The fourth-order valence-corrected chi connectivity index (χ4v) is 10.7. The molecule has 4 heterocycles. The number of sulfone groups is 1. The molecule has 0 aliphatic heterocycles. The van der Waals surface area contributed by atoms with Gasteiger partial charge in [0.1, 0.15) is 26.9 Å². The summed E-state index contributed by atoms with van der Waals surface area (Å²) in [5, 5.41) is 14.6. The monoisotopic (exact) mass is 1410 g/mol. The van der Waals surface area contributed by atoms with Crippen molar-refractivity contribution in [3.63, 3.8) is 0 Å². The van der Waals surface area contributed by atoms with E-state index in [4.69, 9.17) is 64.6 Å². The van der Waals surface area contributed by atoms with Crippen LogP contribution in [-0.4, -0.2) is 136 Å². The highest BCUT2D eigenvalue weighted by molar-refractivity contribution is 7.91. The number of nitrogens with one attached hydrogen (secondary N) is 4. The van der Waals surface area contributed by atoms with E-state index in [-0.39, 0.29) is 86.9 Å². The molecule has 0 aliphatic carbocycles. The van der Waals surface area contributed by atoms with Gasteiger partial charge in [0.25, 0.3) is 15.6 Å². The van der Waals surface area contributed by atoms with E-state index < -0.39 is 86.3 Å². The number of aromatic carboxylic acids is 1. The number of amides is 2. The van der Waals surface area contributed by atoms with Crippen LogP contribution >= 0.6 is 34.8 Å². The summed E-state index contributed by atoms with van der Waals surface area (Å²) in [5.74, 6) is -3.28. The molecule has 7 aromatic rings. The Bertz CT molecular complexity index is 4270. The number of aromatic nitrogens is 6. The van der Waals surface area contributed by atoms with Crippen molar-refractivity contribution in [1.29, 1.82) is 0 Å². The van der Waals surface area contributed by atoms with E-state index in [1.165, 1.54) is 46.4 Å². The zero-order valence-electron chi connectivity index (χ0n) is 50.0. The van der Waals surface area contributed by atoms with Gasteiger partial charge in [-0.25, -0.2) is 58.9 Å². The van der Waals surface area contributed by atoms with Crippen LogP contribution in [0.15, 0.2) is 93.6 Å². The van der Waals surface area contributed by atoms with E-state index in [1.807, 2.05) is 19.1 Å². The number of nitrogen functional groups attached to an aromatic ring is 1. The number of carboxylic acids is 1. The number of hydrogen-bond donors (Lipinski definition) is 6. The number of fused-ring (bicyclic) bond motifs is 1. The molecule has 7 N–H and O–H groups in total. The number of aryl methyl sites for hydroxylation is 2. The Morgan fingerprint density at radius 2 is 1.49 bits per heavy atom. The van der Waals surface area contributed by atoms with Crippen molar-refractivity contribution in [2.75, 3.05) is 51.5 Å². The van der Waals surface area contributed by atoms with Crippen molar-refractivity contribution in [2.24, 2.45) is 7.05 Å². The molecule has 0 radical (unpaired) electrons. The van der Waals surface area contributed by atoms with Crippen LogP contribution in [0.1, 0.15) is 93.1 Å². The van der Waals surface area contributed by atoms with Crippen LogP contribution in [0.3, 0.4) is 0 Å². The number of anilines is 2. The number of sulfonamides is 2. The smallest absolute Gasteiger partial charge is 0.416 e. The zero-order valence-corrected chi connectivity index (χ0v) is 54.7. The Hall–Kier alpha value is -8.67. The predicted molar refractivity (Wildman–Crippen MR) is 330 cm³/mol. The van der Waals surface area contributed by atoms with Gasteiger partial charge in [-0.2, -0.15) is 23.1 Å². The van der Waals surface area contributed by atoms with Gasteiger partial charge in [0, 0.05) is 42.7 Å². The topological polar surface area (TPSA) is 406 Å². The number of methoxy groups -OCH3 is 3. The van der Waals surface area contributed by atoms with Crippen molar-refractivity contribution >= 4 is 117 Å². The maximum atomic E-state index is 12.9. The first-order valence-corrected chi connectivity index (χ1v) is 32.6. The number of rotatable bonds is 21. The minimum atomic E-state index is -4.76. The van der Waals surface area contributed by atoms with Gasteiger partial charge in [-0.15, -0.1) is 0 Å². The minimum absolute atomic E-state index is 0.00861. The molecule has 0 saturated carbocycles. The third kappa shape index (κ3) is 22.0. The molecule has 3 aromatic carbocycles. The summed E-state index contributed by atoms with van der Waals surface area (Å²) in [6.07, 6.45) is 2.69. The molecule has 0 spiro atoms. The largest absolute Gasteiger partial charge is 0.481 e. The Morgan fingerprint density at radius 3 is 2.04 bits per heavy atom. The molecule has 92 heavy (non-hydrogen) atoms. The van der Waals surface area contributed by atoms with Gasteiger partial charge < -0.3 is 34.5 Å². The number of aromatic amines is 1. The number of benzene rings is 3. The number of halogens is 6. The number of nitrogens with zero attached hydrogens (tertiary/aromatic N) is 5. The number of ether oxygens (including phenoxy) is 5. The molecule has 28 nitrogen and oxygen atoms in total. The second-order valence-corrected chi connectivity index (χ2v) is 25.7. The van der Waals surface area contributed by atoms with Gasteiger partial charge in [0.15, 0.2) is 22.1 Å². The first-order chi connectivity index (χ1) is 42.8. The standard InChI is InChI=1S/C18H22ClNO3.C17H21N5O9S2.C14H13F3N2O4S.C6H4Cl2N2O2/c1-3-4-5-7-13(2)23-17(21)12-22-16-10-9-15(19)14-8-6-11-20-18(14)16;1-29-13-8-14(30-2)20-16(19-13)21-17(24)22-33(27,28)12-7-10(9-18-32(4,25)26)5-6-11(12)15(23)31-3;1-7-11(13(21)19(2)18-7)12(20)9-5-4-8(14(15,16)17)6-10(9)24(3,22)23;7-3-1-2(9)4(8)5(10-3)6(11)12/h6,8-11,13H,3-5,7,12H2,1-2H3;5-8,18H,9H2,1-4H3,(H2,19,20,21,22,24);4-6,18H,1-3H3;1H,(H2,9,10)(H,11,12). The predicted octanol–water partition coefficient (Wildman–Crippen LogP) is 7.96. The molecular formula is C55H60Cl3F3N10O18S3. The second-order valence-electron chi connectivity index (χ2n) is 19.1. The van der Waals surface area contributed by atoms with Crippen LogP contribution in [0.2, 0.25) is 15.2 Å². The van der Waals surface area contributed by atoms with Gasteiger partial charge in [-0.1, -0.05) is 60.6 Å². The number of carbonyl (C=O) groups is 5. The van der Waals surface area contributed by atoms with E-state index in [2.05, 4.69) is 46.7 Å². The third-order valence-corrected chi connectivity index (χ3v) is 16.1. The Balaban J connectivity index is 0.000000274. The molecule has 37 heteroatoms.